The Morgan fingerprint density at radius 2 is 0.889 bits per heavy atom. The Morgan fingerprint density at radius 1 is 0.422 bits per heavy atom. The van der Waals surface area contributed by atoms with Crippen LogP contribution in [0.4, 0.5) is 34.1 Å². The van der Waals surface area contributed by atoms with E-state index in [1.807, 2.05) is 0 Å². The van der Waals surface area contributed by atoms with Crippen molar-refractivity contribution in [3.63, 3.8) is 0 Å². The number of benzene rings is 7. The molecule has 7 aromatic carbocycles. The average molecular weight is 579 g/mol. The molecule has 0 saturated carbocycles. The molecule has 0 radical (unpaired) electrons. The fourth-order valence-corrected chi connectivity index (χ4v) is 7.16. The first kappa shape index (κ1) is 27.0. The summed E-state index contributed by atoms with van der Waals surface area (Å²) in [5, 5.41) is 2.59. The fraction of sp³-hybridized carbons (Fsp3) is 0.0698. The van der Waals surface area contributed by atoms with Gasteiger partial charge < -0.3 is 9.80 Å². The van der Waals surface area contributed by atoms with Crippen LogP contribution in [-0.4, -0.2) is 0 Å². The predicted molar refractivity (Wildman–Crippen MR) is 191 cm³/mol. The number of nitrogens with zero attached hydrogens (tertiary/aromatic N) is 2. The van der Waals surface area contributed by atoms with Gasteiger partial charge in [0.1, 0.15) is 0 Å². The topological polar surface area (TPSA) is 6.48 Å². The highest BCUT2D eigenvalue weighted by Crippen LogP contribution is 2.58. The third-order valence-corrected chi connectivity index (χ3v) is 9.16. The standard InChI is InChI=1S/C43H34N2/c1-43(2)39-29-36(44(32-18-7-3-8-19-32)33-20-9-4-10-21-33)30-40(41(39)38-28-27-31-17-15-16-26-37(31)42(38)43)45(34-22-11-5-12-23-34)35-24-13-6-14-25-35/h3-30H,1-2H3. The molecule has 0 saturated heterocycles. The predicted octanol–water partition coefficient (Wildman–Crippen LogP) is 12.1. The Bertz CT molecular complexity index is 2040. The molecule has 0 N–H and O–H groups in total. The lowest BCUT2D eigenvalue weighted by Crippen LogP contribution is -2.18. The van der Waals surface area contributed by atoms with Crippen LogP contribution in [0.1, 0.15) is 25.0 Å². The first-order valence-electron chi connectivity index (χ1n) is 15.6. The van der Waals surface area contributed by atoms with Gasteiger partial charge in [0.15, 0.2) is 0 Å². The number of fused-ring (bicyclic) bond motifs is 5. The van der Waals surface area contributed by atoms with E-state index in [0.29, 0.717) is 0 Å². The van der Waals surface area contributed by atoms with E-state index in [1.54, 1.807) is 0 Å². The molecule has 2 nitrogen and oxygen atoms in total. The number of hydrogen-bond acceptors (Lipinski definition) is 2. The lowest BCUT2D eigenvalue weighted by atomic mass is 9.80. The maximum absolute atomic E-state index is 2.43. The Kier molecular flexibility index (Phi) is 6.50. The summed E-state index contributed by atoms with van der Waals surface area (Å²) in [5.74, 6) is 0. The second kappa shape index (κ2) is 10.8. The zero-order chi connectivity index (χ0) is 30.4. The maximum Gasteiger partial charge on any atom is 0.0564 e. The molecule has 0 unspecified atom stereocenters. The Balaban J connectivity index is 1.49. The van der Waals surface area contributed by atoms with Crippen molar-refractivity contribution in [1.29, 1.82) is 0 Å². The summed E-state index contributed by atoms with van der Waals surface area (Å²) in [6.45, 7) is 4.78. The highest BCUT2D eigenvalue weighted by atomic mass is 15.2. The van der Waals surface area contributed by atoms with Crippen molar-refractivity contribution in [1.82, 2.24) is 0 Å². The normalized spacial score (nSPS) is 12.8. The first-order chi connectivity index (χ1) is 22.1. The van der Waals surface area contributed by atoms with Crippen molar-refractivity contribution in [3.05, 3.63) is 181 Å². The van der Waals surface area contributed by atoms with Crippen LogP contribution in [0.3, 0.4) is 0 Å². The number of anilines is 6. The van der Waals surface area contributed by atoms with Crippen LogP contribution in [0.15, 0.2) is 170 Å². The van der Waals surface area contributed by atoms with E-state index in [1.165, 1.54) is 38.7 Å². The Labute approximate surface area is 265 Å². The minimum absolute atomic E-state index is 0.228. The molecule has 8 rings (SSSR count). The van der Waals surface area contributed by atoms with Gasteiger partial charge in [-0.1, -0.05) is 123 Å². The van der Waals surface area contributed by atoms with Crippen LogP contribution >= 0.6 is 0 Å². The van der Waals surface area contributed by atoms with Gasteiger partial charge in [0.05, 0.1) is 5.69 Å². The monoisotopic (exact) mass is 578 g/mol. The minimum Gasteiger partial charge on any atom is -0.310 e. The van der Waals surface area contributed by atoms with Crippen molar-refractivity contribution < 1.29 is 0 Å². The van der Waals surface area contributed by atoms with Gasteiger partial charge >= 0.3 is 0 Å². The summed E-state index contributed by atoms with van der Waals surface area (Å²) in [7, 11) is 0. The SMILES string of the molecule is CC1(C)c2cc(N(c3ccccc3)c3ccccc3)cc(N(c3ccccc3)c3ccccc3)c2-c2ccc3ccccc3c21. The lowest BCUT2D eigenvalue weighted by molar-refractivity contribution is 0.666. The number of hydrogen-bond donors (Lipinski definition) is 0. The van der Waals surface area contributed by atoms with Gasteiger partial charge in [0.25, 0.3) is 0 Å². The molecule has 0 aromatic heterocycles. The van der Waals surface area contributed by atoms with Crippen LogP contribution in [0, 0.1) is 0 Å². The van der Waals surface area contributed by atoms with Crippen LogP contribution < -0.4 is 9.80 Å². The van der Waals surface area contributed by atoms with E-state index in [9.17, 15) is 0 Å². The molecule has 0 atom stereocenters. The third kappa shape index (κ3) is 4.49. The van der Waals surface area contributed by atoms with E-state index in [2.05, 4.69) is 194 Å². The number of para-hydroxylation sites is 4. The average Bonchev–Trinajstić information content (AvgIpc) is 3.33. The van der Waals surface area contributed by atoms with Crippen molar-refractivity contribution in [2.75, 3.05) is 9.80 Å². The fourth-order valence-electron chi connectivity index (χ4n) is 7.16. The van der Waals surface area contributed by atoms with Gasteiger partial charge in [0, 0.05) is 39.4 Å². The van der Waals surface area contributed by atoms with Crippen molar-refractivity contribution in [2.45, 2.75) is 19.3 Å². The molecule has 0 heterocycles. The summed E-state index contributed by atoms with van der Waals surface area (Å²) in [5.41, 5.74) is 11.9. The molecule has 45 heavy (non-hydrogen) atoms. The molecule has 0 aliphatic heterocycles. The van der Waals surface area contributed by atoms with Crippen molar-refractivity contribution in [3.8, 4) is 11.1 Å². The zero-order valence-corrected chi connectivity index (χ0v) is 25.6. The molecule has 0 bridgehead atoms. The molecule has 0 amide bonds. The zero-order valence-electron chi connectivity index (χ0n) is 25.6. The van der Waals surface area contributed by atoms with Crippen LogP contribution in [-0.2, 0) is 5.41 Å². The van der Waals surface area contributed by atoms with Gasteiger partial charge in [-0.15, -0.1) is 0 Å². The molecule has 2 heteroatoms. The molecule has 7 aromatic rings. The second-order valence-electron chi connectivity index (χ2n) is 12.2. The lowest BCUT2D eigenvalue weighted by Gasteiger charge is -2.32. The van der Waals surface area contributed by atoms with Crippen LogP contribution in [0.25, 0.3) is 21.9 Å². The molecular formula is C43H34N2. The van der Waals surface area contributed by atoms with E-state index in [0.717, 1.165) is 28.4 Å². The summed E-state index contributed by atoms with van der Waals surface area (Å²) in [6.07, 6.45) is 0. The van der Waals surface area contributed by atoms with Gasteiger partial charge in [-0.3, -0.25) is 0 Å². The molecule has 216 valence electrons. The second-order valence-corrected chi connectivity index (χ2v) is 12.2. The Hall–Kier alpha value is -5.60. The van der Waals surface area contributed by atoms with Crippen molar-refractivity contribution in [2.24, 2.45) is 0 Å². The smallest absolute Gasteiger partial charge is 0.0564 e. The summed E-state index contributed by atoms with van der Waals surface area (Å²) in [6, 6.07) is 61.2. The molecule has 0 fully saturated rings. The molecule has 1 aliphatic rings. The highest BCUT2D eigenvalue weighted by Gasteiger charge is 2.40. The largest absolute Gasteiger partial charge is 0.310 e. The van der Waals surface area contributed by atoms with Crippen LogP contribution in [0.2, 0.25) is 0 Å². The van der Waals surface area contributed by atoms with E-state index in [4.69, 9.17) is 0 Å². The minimum atomic E-state index is -0.228. The van der Waals surface area contributed by atoms with E-state index < -0.39 is 0 Å². The maximum atomic E-state index is 2.43. The number of rotatable bonds is 6. The molecular weight excluding hydrogens is 544 g/mol. The molecule has 0 spiro atoms. The van der Waals surface area contributed by atoms with Gasteiger partial charge in [-0.05, 0) is 88.1 Å². The summed E-state index contributed by atoms with van der Waals surface area (Å²) >= 11 is 0. The van der Waals surface area contributed by atoms with E-state index >= 15 is 0 Å². The van der Waals surface area contributed by atoms with Gasteiger partial charge in [-0.25, -0.2) is 0 Å². The van der Waals surface area contributed by atoms with Gasteiger partial charge in [-0.2, -0.15) is 0 Å². The quantitative estimate of drug-likeness (QED) is 0.194. The van der Waals surface area contributed by atoms with Crippen LogP contribution in [0.5, 0.6) is 0 Å². The van der Waals surface area contributed by atoms with Gasteiger partial charge in [0.2, 0.25) is 0 Å². The highest BCUT2D eigenvalue weighted by molar-refractivity contribution is 6.04. The van der Waals surface area contributed by atoms with E-state index in [-0.39, 0.29) is 5.41 Å². The van der Waals surface area contributed by atoms with Crippen molar-refractivity contribution >= 4 is 44.9 Å². The third-order valence-electron chi connectivity index (χ3n) is 9.16. The first-order valence-corrected chi connectivity index (χ1v) is 15.6. The Morgan fingerprint density at radius 3 is 1.42 bits per heavy atom. The summed E-state index contributed by atoms with van der Waals surface area (Å²) in [4.78, 5) is 4.81. The molecule has 1 aliphatic carbocycles. The summed E-state index contributed by atoms with van der Waals surface area (Å²) < 4.78 is 0.